The van der Waals surface area contributed by atoms with E-state index < -0.39 is 6.10 Å². The minimum atomic E-state index is -0.673. The summed E-state index contributed by atoms with van der Waals surface area (Å²) in [6.45, 7) is 3.44. The maximum absolute atomic E-state index is 12.1. The molecule has 3 N–H and O–H groups in total. The minimum absolute atomic E-state index is 0.250. The van der Waals surface area contributed by atoms with E-state index in [1.54, 1.807) is 38.2 Å². The lowest BCUT2D eigenvalue weighted by atomic mass is 10.2. The van der Waals surface area contributed by atoms with E-state index in [-0.39, 0.29) is 11.6 Å². The van der Waals surface area contributed by atoms with Gasteiger partial charge in [0.25, 0.3) is 5.91 Å². The number of H-pyrrole nitrogens is 1. The van der Waals surface area contributed by atoms with Gasteiger partial charge in [0, 0.05) is 11.9 Å². The molecule has 0 aliphatic carbocycles. The molecule has 0 aliphatic heterocycles. The molecule has 0 bridgehead atoms. The molecule has 0 radical (unpaired) electrons. The van der Waals surface area contributed by atoms with Gasteiger partial charge in [0.2, 0.25) is 0 Å². The average molecular weight is 297 g/mol. The number of aliphatic hydroxyl groups excluding tert-OH is 1. The lowest BCUT2D eigenvalue weighted by Gasteiger charge is -2.04. The maximum Gasteiger partial charge on any atom is 0.275 e. The van der Waals surface area contributed by atoms with E-state index in [2.05, 4.69) is 25.3 Å². The summed E-state index contributed by atoms with van der Waals surface area (Å²) in [6.07, 6.45) is 2.31. The molecule has 1 aromatic carbocycles. The highest BCUT2D eigenvalue weighted by atomic mass is 16.3. The van der Waals surface area contributed by atoms with Gasteiger partial charge in [0.15, 0.2) is 0 Å². The first kappa shape index (κ1) is 14.2. The Bertz CT molecular complexity index is 824. The van der Waals surface area contributed by atoms with Gasteiger partial charge in [-0.2, -0.15) is 0 Å². The van der Waals surface area contributed by atoms with Crippen molar-refractivity contribution in [2.45, 2.75) is 20.0 Å². The molecule has 22 heavy (non-hydrogen) atoms. The molecule has 7 heteroatoms. The third kappa shape index (κ3) is 2.79. The van der Waals surface area contributed by atoms with Crippen LogP contribution in [0.25, 0.3) is 11.0 Å². The number of anilines is 1. The van der Waals surface area contributed by atoms with E-state index in [0.717, 1.165) is 16.7 Å². The Labute approximate surface area is 126 Å². The lowest BCUT2D eigenvalue weighted by molar-refractivity contribution is 0.102. The lowest BCUT2D eigenvalue weighted by Crippen LogP contribution is -2.14. The first-order valence-corrected chi connectivity index (χ1v) is 6.80. The summed E-state index contributed by atoms with van der Waals surface area (Å²) in [7, 11) is 0. The number of amides is 1. The number of aromatic nitrogens is 4. The highest BCUT2D eigenvalue weighted by Gasteiger charge is 2.11. The van der Waals surface area contributed by atoms with Crippen molar-refractivity contribution in [1.82, 2.24) is 19.9 Å². The predicted octanol–water partition coefficient (Wildman–Crippen LogP) is 1.97. The fourth-order valence-electron chi connectivity index (χ4n) is 2.01. The Kier molecular flexibility index (Phi) is 3.56. The first-order chi connectivity index (χ1) is 10.5. The number of rotatable bonds is 3. The van der Waals surface area contributed by atoms with Crippen LogP contribution < -0.4 is 5.32 Å². The van der Waals surface area contributed by atoms with Crippen LogP contribution in [0.1, 0.15) is 35.0 Å². The van der Waals surface area contributed by atoms with Gasteiger partial charge in [-0.1, -0.05) is 0 Å². The smallest absolute Gasteiger partial charge is 0.275 e. The normalized spacial score (nSPS) is 12.3. The second-order valence-electron chi connectivity index (χ2n) is 5.03. The summed E-state index contributed by atoms with van der Waals surface area (Å²) < 4.78 is 0. The molecule has 1 amide bonds. The molecule has 0 fully saturated rings. The quantitative estimate of drug-likeness (QED) is 0.685. The molecule has 2 aromatic heterocycles. The molecule has 2 heterocycles. The van der Waals surface area contributed by atoms with Gasteiger partial charge in [-0.3, -0.25) is 9.78 Å². The summed E-state index contributed by atoms with van der Waals surface area (Å²) in [6, 6.07) is 5.27. The molecular weight excluding hydrogens is 282 g/mol. The number of benzene rings is 1. The van der Waals surface area contributed by atoms with Crippen molar-refractivity contribution >= 4 is 22.6 Å². The number of aliphatic hydroxyl groups is 1. The number of aryl methyl sites for hydroxylation is 1. The monoisotopic (exact) mass is 297 g/mol. The molecule has 112 valence electrons. The van der Waals surface area contributed by atoms with Crippen LogP contribution in [-0.4, -0.2) is 30.9 Å². The van der Waals surface area contributed by atoms with Crippen LogP contribution in [0.2, 0.25) is 0 Å². The fraction of sp³-hybridized carbons (Fsp3) is 0.200. The highest BCUT2D eigenvalue weighted by molar-refractivity contribution is 6.03. The molecule has 1 unspecified atom stereocenters. The zero-order chi connectivity index (χ0) is 15.7. The molecule has 0 saturated heterocycles. The van der Waals surface area contributed by atoms with Crippen molar-refractivity contribution in [2.75, 3.05) is 5.32 Å². The van der Waals surface area contributed by atoms with E-state index in [9.17, 15) is 9.90 Å². The van der Waals surface area contributed by atoms with Crippen LogP contribution in [0.4, 0.5) is 5.69 Å². The van der Waals surface area contributed by atoms with Gasteiger partial charge in [0.1, 0.15) is 17.6 Å². The third-order valence-corrected chi connectivity index (χ3v) is 3.17. The summed E-state index contributed by atoms with van der Waals surface area (Å²) in [5.41, 5.74) is 3.08. The van der Waals surface area contributed by atoms with Crippen LogP contribution in [0, 0.1) is 6.92 Å². The van der Waals surface area contributed by atoms with E-state index in [1.807, 2.05) is 0 Å². The van der Waals surface area contributed by atoms with E-state index in [4.69, 9.17) is 0 Å². The number of carbonyl (C=O) groups is 1. The number of hydrogen-bond acceptors (Lipinski definition) is 5. The average Bonchev–Trinajstić information content (AvgIpc) is 2.91. The fourth-order valence-corrected chi connectivity index (χ4v) is 2.01. The molecule has 0 aliphatic rings. The van der Waals surface area contributed by atoms with Crippen LogP contribution in [0.15, 0.2) is 30.6 Å². The molecule has 7 nitrogen and oxygen atoms in total. The largest absolute Gasteiger partial charge is 0.385 e. The van der Waals surface area contributed by atoms with Crippen molar-refractivity contribution in [2.24, 2.45) is 0 Å². The van der Waals surface area contributed by atoms with Gasteiger partial charge in [0.05, 0.1) is 22.9 Å². The number of nitrogens with one attached hydrogen (secondary N) is 2. The van der Waals surface area contributed by atoms with Gasteiger partial charge < -0.3 is 15.4 Å². The van der Waals surface area contributed by atoms with Crippen molar-refractivity contribution < 1.29 is 9.90 Å². The summed E-state index contributed by atoms with van der Waals surface area (Å²) in [5.74, 6) is 0.157. The molecule has 3 rings (SSSR count). The number of aromatic amines is 1. The SMILES string of the molecule is Cc1cnc(C(=O)Nc2ccc3nc(C(C)O)[nH]c3c2)cn1. The number of hydrogen-bond donors (Lipinski definition) is 3. The van der Waals surface area contributed by atoms with Crippen LogP contribution >= 0.6 is 0 Å². The van der Waals surface area contributed by atoms with Gasteiger partial charge >= 0.3 is 0 Å². The van der Waals surface area contributed by atoms with Crippen molar-refractivity contribution in [3.05, 3.63) is 47.8 Å². The molecule has 0 saturated carbocycles. The Hall–Kier alpha value is -2.80. The van der Waals surface area contributed by atoms with Crippen LogP contribution in [0.5, 0.6) is 0 Å². The first-order valence-electron chi connectivity index (χ1n) is 6.80. The molecular formula is C15H15N5O2. The number of carbonyl (C=O) groups excluding carboxylic acids is 1. The molecule has 3 aromatic rings. The van der Waals surface area contributed by atoms with Crippen LogP contribution in [-0.2, 0) is 0 Å². The Balaban J connectivity index is 1.84. The topological polar surface area (TPSA) is 104 Å². The van der Waals surface area contributed by atoms with E-state index in [1.165, 1.54) is 6.20 Å². The maximum atomic E-state index is 12.1. The van der Waals surface area contributed by atoms with Gasteiger partial charge in [-0.25, -0.2) is 9.97 Å². The predicted molar refractivity (Wildman–Crippen MR) is 81.4 cm³/mol. The molecule has 0 spiro atoms. The zero-order valence-corrected chi connectivity index (χ0v) is 12.2. The highest BCUT2D eigenvalue weighted by Crippen LogP contribution is 2.20. The van der Waals surface area contributed by atoms with E-state index >= 15 is 0 Å². The molecule has 1 atom stereocenters. The third-order valence-electron chi connectivity index (χ3n) is 3.17. The Morgan fingerprint density at radius 3 is 2.82 bits per heavy atom. The second kappa shape index (κ2) is 5.53. The van der Waals surface area contributed by atoms with Crippen molar-refractivity contribution in [3.8, 4) is 0 Å². The number of imidazole rings is 1. The summed E-state index contributed by atoms with van der Waals surface area (Å²) in [4.78, 5) is 27.5. The van der Waals surface area contributed by atoms with Gasteiger partial charge in [-0.05, 0) is 32.0 Å². The standard InChI is InChI=1S/C15H15N5O2/c1-8-6-17-13(7-16-8)15(22)18-10-3-4-11-12(5-10)20-14(19-11)9(2)21/h3-7,9,21H,1-2H3,(H,18,22)(H,19,20). The van der Waals surface area contributed by atoms with Crippen molar-refractivity contribution in [3.63, 3.8) is 0 Å². The van der Waals surface area contributed by atoms with Gasteiger partial charge in [-0.15, -0.1) is 0 Å². The summed E-state index contributed by atoms with van der Waals surface area (Å²) in [5, 5.41) is 12.3. The summed E-state index contributed by atoms with van der Waals surface area (Å²) >= 11 is 0. The minimum Gasteiger partial charge on any atom is -0.385 e. The van der Waals surface area contributed by atoms with E-state index in [0.29, 0.717) is 11.5 Å². The Morgan fingerprint density at radius 2 is 2.14 bits per heavy atom. The number of fused-ring (bicyclic) bond motifs is 1. The Morgan fingerprint density at radius 1 is 1.32 bits per heavy atom. The number of nitrogens with zero attached hydrogens (tertiary/aromatic N) is 3. The zero-order valence-electron chi connectivity index (χ0n) is 12.2. The van der Waals surface area contributed by atoms with Crippen molar-refractivity contribution in [1.29, 1.82) is 0 Å². The second-order valence-corrected chi connectivity index (χ2v) is 5.03. The van der Waals surface area contributed by atoms with Crippen LogP contribution in [0.3, 0.4) is 0 Å².